The van der Waals surface area contributed by atoms with Crippen molar-refractivity contribution in [1.29, 1.82) is 0 Å². The van der Waals surface area contributed by atoms with Gasteiger partial charge >= 0.3 is 0 Å². The second-order valence-corrected chi connectivity index (χ2v) is 6.62. The number of para-hydroxylation sites is 1. The first-order chi connectivity index (χ1) is 14.5. The van der Waals surface area contributed by atoms with Gasteiger partial charge in [-0.15, -0.1) is 0 Å². The number of anilines is 3. The summed E-state index contributed by atoms with van der Waals surface area (Å²) in [5, 5.41) is 7.02. The highest BCUT2D eigenvalue weighted by molar-refractivity contribution is 6.02. The van der Waals surface area contributed by atoms with Gasteiger partial charge in [-0.3, -0.25) is 9.59 Å². The van der Waals surface area contributed by atoms with Crippen LogP contribution in [-0.4, -0.2) is 37.1 Å². The summed E-state index contributed by atoms with van der Waals surface area (Å²) in [7, 11) is 3.93. The van der Waals surface area contributed by atoms with Crippen molar-refractivity contribution in [1.82, 2.24) is 10.4 Å². The maximum absolute atomic E-state index is 12.6. The van der Waals surface area contributed by atoms with E-state index in [1.54, 1.807) is 48.8 Å². The Labute approximate surface area is 174 Å². The van der Waals surface area contributed by atoms with Crippen LogP contribution >= 0.6 is 0 Å². The molecule has 0 spiro atoms. The molecular formula is C22H22N6O2. The summed E-state index contributed by atoms with van der Waals surface area (Å²) < 4.78 is 0. The highest BCUT2D eigenvalue weighted by atomic mass is 16.2. The number of rotatable bonds is 7. The number of carbonyl (C=O) groups excluding carboxylic acids is 2. The van der Waals surface area contributed by atoms with Crippen molar-refractivity contribution in [2.24, 2.45) is 10.8 Å². The number of amides is 2. The zero-order valence-electron chi connectivity index (χ0n) is 16.7. The van der Waals surface area contributed by atoms with Gasteiger partial charge in [0.25, 0.3) is 11.8 Å². The zero-order chi connectivity index (χ0) is 21.5. The van der Waals surface area contributed by atoms with E-state index in [1.807, 2.05) is 43.3 Å². The summed E-state index contributed by atoms with van der Waals surface area (Å²) in [4.78, 5) is 30.4. The number of hydrazone groups is 1. The molecule has 3 rings (SSSR count). The van der Waals surface area contributed by atoms with Gasteiger partial charge in [0.05, 0.1) is 23.0 Å². The van der Waals surface area contributed by atoms with Crippen molar-refractivity contribution < 1.29 is 9.59 Å². The highest BCUT2D eigenvalue weighted by Gasteiger charge is 2.14. The zero-order valence-corrected chi connectivity index (χ0v) is 16.7. The number of nitrogens with zero attached hydrogens (tertiary/aromatic N) is 3. The van der Waals surface area contributed by atoms with Gasteiger partial charge in [-0.1, -0.05) is 24.3 Å². The molecule has 0 radical (unpaired) electrons. The average Bonchev–Trinajstić information content (AvgIpc) is 2.74. The average molecular weight is 402 g/mol. The Morgan fingerprint density at radius 1 is 1.00 bits per heavy atom. The smallest absolute Gasteiger partial charge is 0.275 e. The Balaban J connectivity index is 1.74. The molecule has 1 heterocycles. The molecule has 0 unspecified atom stereocenters. The normalized spacial score (nSPS) is 10.6. The first-order valence-electron chi connectivity index (χ1n) is 9.17. The van der Waals surface area contributed by atoms with E-state index >= 15 is 0 Å². The fourth-order valence-electron chi connectivity index (χ4n) is 2.71. The number of carbonyl (C=O) groups is 2. The van der Waals surface area contributed by atoms with Gasteiger partial charge in [0.1, 0.15) is 5.82 Å². The van der Waals surface area contributed by atoms with E-state index in [4.69, 9.17) is 5.73 Å². The molecule has 30 heavy (non-hydrogen) atoms. The topological polar surface area (TPSA) is 113 Å². The maximum atomic E-state index is 12.6. The molecule has 2 aromatic carbocycles. The summed E-state index contributed by atoms with van der Waals surface area (Å²) in [6.45, 7) is 0. The van der Waals surface area contributed by atoms with Gasteiger partial charge in [-0.2, -0.15) is 5.10 Å². The molecule has 0 fully saturated rings. The number of nitrogens with two attached hydrogens (primary N) is 1. The molecule has 0 bridgehead atoms. The van der Waals surface area contributed by atoms with E-state index in [1.165, 1.54) is 0 Å². The van der Waals surface area contributed by atoms with E-state index in [-0.39, 0.29) is 11.4 Å². The van der Waals surface area contributed by atoms with Crippen molar-refractivity contribution in [3.63, 3.8) is 0 Å². The van der Waals surface area contributed by atoms with E-state index in [9.17, 15) is 9.59 Å². The standard InChI is InChI=1S/C22H22N6O2/c1-28(2)16-11-9-15(10-12-16)14-25-27-22(30)18-7-5-13-24-21(18)26-19-8-4-3-6-17(19)20(23)29/h3-14H,1-2H3,(H2,23,29)(H,24,26)(H,27,30)/b25-14+. The lowest BCUT2D eigenvalue weighted by Gasteiger charge is -2.12. The van der Waals surface area contributed by atoms with Crippen LogP contribution in [0.5, 0.6) is 0 Å². The number of hydrogen-bond acceptors (Lipinski definition) is 6. The lowest BCUT2D eigenvalue weighted by Crippen LogP contribution is -2.20. The first-order valence-corrected chi connectivity index (χ1v) is 9.17. The second-order valence-electron chi connectivity index (χ2n) is 6.62. The molecule has 3 aromatic rings. The third-order valence-corrected chi connectivity index (χ3v) is 4.29. The fourth-order valence-corrected chi connectivity index (χ4v) is 2.71. The molecule has 0 aliphatic rings. The summed E-state index contributed by atoms with van der Waals surface area (Å²) in [5.74, 6) is -0.734. The number of aromatic nitrogens is 1. The SMILES string of the molecule is CN(C)c1ccc(/C=N/NC(=O)c2cccnc2Nc2ccccc2C(N)=O)cc1. The minimum Gasteiger partial charge on any atom is -0.378 e. The van der Waals surface area contributed by atoms with Crippen LogP contribution in [0.2, 0.25) is 0 Å². The quantitative estimate of drug-likeness (QED) is 0.415. The molecular weight excluding hydrogens is 380 g/mol. The second kappa shape index (κ2) is 9.33. The van der Waals surface area contributed by atoms with Crippen molar-refractivity contribution in [2.45, 2.75) is 0 Å². The number of primary amides is 1. The lowest BCUT2D eigenvalue weighted by atomic mass is 10.1. The fraction of sp³-hybridized carbons (Fsp3) is 0.0909. The Morgan fingerprint density at radius 3 is 2.40 bits per heavy atom. The Bertz CT molecular complexity index is 1080. The minimum atomic E-state index is -0.579. The Kier molecular flexibility index (Phi) is 6.39. The summed E-state index contributed by atoms with van der Waals surface area (Å²) >= 11 is 0. The van der Waals surface area contributed by atoms with E-state index < -0.39 is 11.8 Å². The van der Waals surface area contributed by atoms with E-state index in [0.29, 0.717) is 11.3 Å². The molecule has 0 saturated carbocycles. The molecule has 2 amide bonds. The maximum Gasteiger partial charge on any atom is 0.275 e. The van der Waals surface area contributed by atoms with Crippen LogP contribution < -0.4 is 21.4 Å². The molecule has 0 atom stereocenters. The van der Waals surface area contributed by atoms with Crippen LogP contribution in [0.4, 0.5) is 17.2 Å². The predicted molar refractivity (Wildman–Crippen MR) is 118 cm³/mol. The van der Waals surface area contributed by atoms with Crippen molar-refractivity contribution in [3.8, 4) is 0 Å². The van der Waals surface area contributed by atoms with Crippen molar-refractivity contribution in [3.05, 3.63) is 83.6 Å². The van der Waals surface area contributed by atoms with Crippen molar-refractivity contribution >= 4 is 35.2 Å². The van der Waals surface area contributed by atoms with Crippen LogP contribution in [0.3, 0.4) is 0 Å². The largest absolute Gasteiger partial charge is 0.378 e. The third kappa shape index (κ3) is 4.99. The lowest BCUT2D eigenvalue weighted by molar-refractivity contribution is 0.0954. The minimum absolute atomic E-state index is 0.275. The molecule has 4 N–H and O–H groups in total. The molecule has 0 aliphatic heterocycles. The number of pyridine rings is 1. The van der Waals surface area contributed by atoms with Gasteiger partial charge in [0, 0.05) is 26.0 Å². The van der Waals surface area contributed by atoms with Crippen LogP contribution in [0.25, 0.3) is 0 Å². The van der Waals surface area contributed by atoms with Gasteiger partial charge in [-0.25, -0.2) is 10.4 Å². The summed E-state index contributed by atoms with van der Waals surface area (Å²) in [6.07, 6.45) is 3.10. The van der Waals surface area contributed by atoms with Crippen LogP contribution in [0.1, 0.15) is 26.3 Å². The van der Waals surface area contributed by atoms with Crippen LogP contribution in [-0.2, 0) is 0 Å². The Hall–Kier alpha value is -4.20. The highest BCUT2D eigenvalue weighted by Crippen LogP contribution is 2.22. The molecule has 8 nitrogen and oxygen atoms in total. The summed E-state index contributed by atoms with van der Waals surface area (Å²) in [6, 6.07) is 17.7. The van der Waals surface area contributed by atoms with Gasteiger partial charge in [-0.05, 0) is 42.0 Å². The van der Waals surface area contributed by atoms with Gasteiger partial charge in [0.15, 0.2) is 0 Å². The number of nitrogens with one attached hydrogen (secondary N) is 2. The number of benzene rings is 2. The van der Waals surface area contributed by atoms with E-state index in [0.717, 1.165) is 11.3 Å². The molecule has 0 aliphatic carbocycles. The molecule has 0 saturated heterocycles. The molecule has 1 aromatic heterocycles. The van der Waals surface area contributed by atoms with Crippen LogP contribution in [0.15, 0.2) is 72.0 Å². The first kappa shape index (κ1) is 20.5. The van der Waals surface area contributed by atoms with Gasteiger partial charge in [0.2, 0.25) is 0 Å². The molecule has 8 heteroatoms. The Morgan fingerprint density at radius 2 is 1.70 bits per heavy atom. The monoisotopic (exact) mass is 402 g/mol. The van der Waals surface area contributed by atoms with Crippen molar-refractivity contribution in [2.75, 3.05) is 24.3 Å². The number of hydrogen-bond donors (Lipinski definition) is 3. The molecule has 152 valence electrons. The van der Waals surface area contributed by atoms with E-state index in [2.05, 4.69) is 20.8 Å². The summed E-state index contributed by atoms with van der Waals surface area (Å²) in [5.41, 5.74) is 10.9. The predicted octanol–water partition coefficient (Wildman–Crippen LogP) is 2.75. The van der Waals surface area contributed by atoms with Crippen LogP contribution in [0, 0.1) is 0 Å². The van der Waals surface area contributed by atoms with Gasteiger partial charge < -0.3 is 16.0 Å². The third-order valence-electron chi connectivity index (χ3n) is 4.29.